The monoisotopic (exact) mass is 307 g/mol. The number of aromatic nitrogens is 2. The van der Waals surface area contributed by atoms with Crippen molar-refractivity contribution in [1.82, 2.24) is 10.2 Å². The van der Waals surface area contributed by atoms with E-state index in [1.165, 1.54) is 5.56 Å². The van der Waals surface area contributed by atoms with Gasteiger partial charge in [0.15, 0.2) is 0 Å². The standard InChI is InChI=1S/C14H18BrN3/c1-9(2)13-7-14(18-17-13)12(8-16)10-3-5-11(15)6-4-10/h3-7,9,12H,8,16H2,1-2H3,(H,17,18). The van der Waals surface area contributed by atoms with Crippen LogP contribution in [0.2, 0.25) is 0 Å². The van der Waals surface area contributed by atoms with Crippen molar-refractivity contribution < 1.29 is 0 Å². The van der Waals surface area contributed by atoms with E-state index in [0.29, 0.717) is 12.5 Å². The summed E-state index contributed by atoms with van der Waals surface area (Å²) in [5, 5.41) is 7.45. The van der Waals surface area contributed by atoms with Crippen molar-refractivity contribution >= 4 is 15.9 Å². The van der Waals surface area contributed by atoms with Gasteiger partial charge in [-0.05, 0) is 29.7 Å². The normalized spacial score (nSPS) is 12.9. The van der Waals surface area contributed by atoms with Gasteiger partial charge >= 0.3 is 0 Å². The van der Waals surface area contributed by atoms with Crippen LogP contribution in [0, 0.1) is 0 Å². The Bertz CT molecular complexity index is 502. The molecule has 1 heterocycles. The minimum Gasteiger partial charge on any atom is -0.329 e. The Hall–Kier alpha value is -1.13. The van der Waals surface area contributed by atoms with Gasteiger partial charge in [0.05, 0.1) is 5.69 Å². The molecule has 2 rings (SSSR count). The highest BCUT2D eigenvalue weighted by Gasteiger charge is 2.16. The number of hydrogen-bond donors (Lipinski definition) is 2. The van der Waals surface area contributed by atoms with Crippen LogP contribution in [0.15, 0.2) is 34.8 Å². The van der Waals surface area contributed by atoms with E-state index in [0.717, 1.165) is 15.9 Å². The highest BCUT2D eigenvalue weighted by atomic mass is 79.9. The lowest BCUT2D eigenvalue weighted by Gasteiger charge is -2.13. The van der Waals surface area contributed by atoms with Gasteiger partial charge in [-0.1, -0.05) is 41.9 Å². The molecule has 0 fully saturated rings. The van der Waals surface area contributed by atoms with Crippen LogP contribution in [-0.2, 0) is 0 Å². The Kier molecular flexibility index (Phi) is 4.19. The van der Waals surface area contributed by atoms with E-state index in [1.807, 2.05) is 12.1 Å². The van der Waals surface area contributed by atoms with Crippen molar-refractivity contribution in [1.29, 1.82) is 0 Å². The van der Waals surface area contributed by atoms with Crippen LogP contribution in [0.4, 0.5) is 0 Å². The lowest BCUT2D eigenvalue weighted by molar-refractivity contribution is 0.772. The average molecular weight is 308 g/mol. The maximum absolute atomic E-state index is 5.90. The highest BCUT2D eigenvalue weighted by molar-refractivity contribution is 9.10. The number of nitrogens with two attached hydrogens (primary N) is 1. The van der Waals surface area contributed by atoms with Gasteiger partial charge in [-0.15, -0.1) is 0 Å². The number of H-pyrrole nitrogens is 1. The minimum absolute atomic E-state index is 0.179. The minimum atomic E-state index is 0.179. The van der Waals surface area contributed by atoms with Crippen LogP contribution in [0.25, 0.3) is 0 Å². The van der Waals surface area contributed by atoms with Gasteiger partial charge in [-0.3, -0.25) is 5.10 Å². The quantitative estimate of drug-likeness (QED) is 0.909. The summed E-state index contributed by atoms with van der Waals surface area (Å²) in [6.07, 6.45) is 0. The van der Waals surface area contributed by atoms with Gasteiger partial charge in [-0.2, -0.15) is 5.10 Å². The maximum atomic E-state index is 5.90. The number of rotatable bonds is 4. The zero-order chi connectivity index (χ0) is 13.1. The molecule has 1 aromatic carbocycles. The van der Waals surface area contributed by atoms with Crippen molar-refractivity contribution in [2.45, 2.75) is 25.7 Å². The van der Waals surface area contributed by atoms with E-state index in [-0.39, 0.29) is 5.92 Å². The Balaban J connectivity index is 2.29. The molecule has 0 bridgehead atoms. The molecule has 0 aliphatic carbocycles. The van der Waals surface area contributed by atoms with Crippen LogP contribution in [0.3, 0.4) is 0 Å². The molecule has 2 aromatic rings. The molecular weight excluding hydrogens is 290 g/mol. The molecule has 0 saturated carbocycles. The number of nitrogens with zero attached hydrogens (tertiary/aromatic N) is 1. The first-order valence-corrected chi connectivity index (χ1v) is 6.92. The summed E-state index contributed by atoms with van der Waals surface area (Å²) in [6.45, 7) is 4.84. The first-order valence-electron chi connectivity index (χ1n) is 6.12. The van der Waals surface area contributed by atoms with Gasteiger partial charge in [-0.25, -0.2) is 0 Å². The summed E-state index contributed by atoms with van der Waals surface area (Å²) >= 11 is 3.44. The van der Waals surface area contributed by atoms with Crippen molar-refractivity contribution in [3.63, 3.8) is 0 Å². The molecule has 1 unspecified atom stereocenters. The first-order chi connectivity index (χ1) is 8.61. The van der Waals surface area contributed by atoms with E-state index in [2.05, 4.69) is 58.2 Å². The summed E-state index contributed by atoms with van der Waals surface area (Å²) in [7, 11) is 0. The Morgan fingerprint density at radius 2 is 1.94 bits per heavy atom. The van der Waals surface area contributed by atoms with E-state index in [1.54, 1.807) is 0 Å². The second-order valence-corrected chi connectivity index (χ2v) is 5.66. The van der Waals surface area contributed by atoms with Crippen molar-refractivity contribution in [3.05, 3.63) is 51.8 Å². The zero-order valence-corrected chi connectivity index (χ0v) is 12.2. The second-order valence-electron chi connectivity index (χ2n) is 4.74. The predicted octanol–water partition coefficient (Wildman–Crippen LogP) is 3.39. The van der Waals surface area contributed by atoms with Gasteiger partial charge < -0.3 is 5.73 Å². The number of aromatic amines is 1. The lowest BCUT2D eigenvalue weighted by Crippen LogP contribution is -2.14. The zero-order valence-electron chi connectivity index (χ0n) is 10.7. The average Bonchev–Trinajstić information content (AvgIpc) is 2.82. The fourth-order valence-electron chi connectivity index (χ4n) is 1.96. The van der Waals surface area contributed by atoms with Gasteiger partial charge in [0.1, 0.15) is 0 Å². The molecule has 0 aliphatic rings. The molecule has 3 nitrogen and oxygen atoms in total. The van der Waals surface area contributed by atoms with Gasteiger partial charge in [0.2, 0.25) is 0 Å². The van der Waals surface area contributed by atoms with Crippen LogP contribution < -0.4 is 5.73 Å². The Morgan fingerprint density at radius 3 is 2.44 bits per heavy atom. The molecule has 18 heavy (non-hydrogen) atoms. The van der Waals surface area contributed by atoms with Crippen LogP contribution in [0.1, 0.15) is 42.6 Å². The molecule has 0 radical (unpaired) electrons. The van der Waals surface area contributed by atoms with Crippen molar-refractivity contribution in [2.24, 2.45) is 5.73 Å². The fraction of sp³-hybridized carbons (Fsp3) is 0.357. The van der Waals surface area contributed by atoms with Crippen LogP contribution >= 0.6 is 15.9 Å². The van der Waals surface area contributed by atoms with Crippen LogP contribution in [-0.4, -0.2) is 16.7 Å². The third-order valence-corrected chi connectivity index (χ3v) is 3.62. The third kappa shape index (κ3) is 2.82. The van der Waals surface area contributed by atoms with Gasteiger partial charge in [0.25, 0.3) is 0 Å². The van der Waals surface area contributed by atoms with E-state index < -0.39 is 0 Å². The van der Waals surface area contributed by atoms with E-state index in [9.17, 15) is 0 Å². The molecular formula is C14H18BrN3. The van der Waals surface area contributed by atoms with Crippen LogP contribution in [0.5, 0.6) is 0 Å². The topological polar surface area (TPSA) is 54.7 Å². The summed E-state index contributed by atoms with van der Waals surface area (Å²) in [5.74, 6) is 0.608. The SMILES string of the molecule is CC(C)c1cc(C(CN)c2ccc(Br)cc2)[nH]n1. The molecule has 0 spiro atoms. The molecule has 4 heteroatoms. The van der Waals surface area contributed by atoms with E-state index >= 15 is 0 Å². The molecule has 0 saturated heterocycles. The first kappa shape index (κ1) is 13.3. The summed E-state index contributed by atoms with van der Waals surface area (Å²) in [5.41, 5.74) is 9.28. The second kappa shape index (κ2) is 5.67. The number of hydrogen-bond acceptors (Lipinski definition) is 2. The molecule has 3 N–H and O–H groups in total. The number of benzene rings is 1. The van der Waals surface area contributed by atoms with E-state index in [4.69, 9.17) is 5.73 Å². The van der Waals surface area contributed by atoms with Crippen molar-refractivity contribution in [3.8, 4) is 0 Å². The number of halogens is 1. The highest BCUT2D eigenvalue weighted by Crippen LogP contribution is 2.25. The third-order valence-electron chi connectivity index (χ3n) is 3.09. The molecule has 0 aliphatic heterocycles. The lowest BCUT2D eigenvalue weighted by atomic mass is 9.95. The summed E-state index contributed by atoms with van der Waals surface area (Å²) in [4.78, 5) is 0. The largest absolute Gasteiger partial charge is 0.329 e. The van der Waals surface area contributed by atoms with Gasteiger partial charge in [0, 0.05) is 22.6 Å². The predicted molar refractivity (Wildman–Crippen MR) is 77.7 cm³/mol. The molecule has 0 amide bonds. The Morgan fingerprint density at radius 1 is 1.28 bits per heavy atom. The molecule has 1 atom stereocenters. The molecule has 1 aromatic heterocycles. The smallest absolute Gasteiger partial charge is 0.0650 e. The van der Waals surface area contributed by atoms with Crippen molar-refractivity contribution in [2.75, 3.05) is 6.54 Å². The Labute approximate surface area is 116 Å². The number of nitrogens with one attached hydrogen (secondary N) is 1. The summed E-state index contributed by atoms with van der Waals surface area (Å²) < 4.78 is 1.08. The summed E-state index contributed by atoms with van der Waals surface area (Å²) in [6, 6.07) is 10.4. The fourth-order valence-corrected chi connectivity index (χ4v) is 2.23. The maximum Gasteiger partial charge on any atom is 0.0650 e. The molecule has 96 valence electrons.